The van der Waals surface area contributed by atoms with Gasteiger partial charge in [0.2, 0.25) is 5.91 Å². The summed E-state index contributed by atoms with van der Waals surface area (Å²) in [6, 6.07) is 0. The zero-order valence-corrected chi connectivity index (χ0v) is 10.2. The summed E-state index contributed by atoms with van der Waals surface area (Å²) in [4.78, 5) is 23.8. The Balaban J connectivity index is 4.26. The number of carbonyl (C=O) groups is 2. The number of nitrogens with zero attached hydrogens (tertiary/aromatic N) is 1. The largest absolute Gasteiger partial charge is 0.481 e. The normalized spacial score (nSPS) is 13.4. The Hall–Kier alpha value is -1.06. The summed E-state index contributed by atoms with van der Waals surface area (Å²) in [6.07, 6.45) is -0.104. The minimum atomic E-state index is -0.931. The Morgan fingerprint density at radius 1 is 1.33 bits per heavy atom. The van der Waals surface area contributed by atoms with Crippen molar-refractivity contribution in [1.82, 2.24) is 4.90 Å². The summed E-state index contributed by atoms with van der Waals surface area (Å²) in [5, 5.41) is 8.58. The molecular weight excluding hydrogens is 194 g/mol. The van der Waals surface area contributed by atoms with Crippen molar-refractivity contribution in [2.75, 3.05) is 13.6 Å². The molecule has 88 valence electrons. The highest BCUT2D eigenvalue weighted by Gasteiger charge is 2.23. The van der Waals surface area contributed by atoms with E-state index in [2.05, 4.69) is 0 Å². The van der Waals surface area contributed by atoms with Gasteiger partial charge in [0.05, 0.1) is 6.42 Å². The van der Waals surface area contributed by atoms with Crippen molar-refractivity contribution in [1.29, 1.82) is 0 Å². The summed E-state index contributed by atoms with van der Waals surface area (Å²) < 4.78 is 0. The molecule has 0 aliphatic heterocycles. The van der Waals surface area contributed by atoms with E-state index in [0.717, 1.165) is 0 Å². The van der Waals surface area contributed by atoms with Crippen LogP contribution >= 0.6 is 0 Å². The molecule has 0 aromatic heterocycles. The van der Waals surface area contributed by atoms with Crippen molar-refractivity contribution in [2.45, 2.75) is 34.1 Å². The average Bonchev–Trinajstić information content (AvgIpc) is 1.98. The third-order valence-corrected chi connectivity index (χ3v) is 1.99. The highest BCUT2D eigenvalue weighted by molar-refractivity contribution is 5.82. The first-order valence-corrected chi connectivity index (χ1v) is 5.10. The van der Waals surface area contributed by atoms with Crippen LogP contribution in [0.3, 0.4) is 0 Å². The summed E-state index contributed by atoms with van der Waals surface area (Å²) in [7, 11) is 1.71. The minimum absolute atomic E-state index is 0.0351. The van der Waals surface area contributed by atoms with Gasteiger partial charge >= 0.3 is 5.97 Å². The van der Waals surface area contributed by atoms with E-state index in [1.54, 1.807) is 18.9 Å². The van der Waals surface area contributed by atoms with Crippen molar-refractivity contribution in [2.24, 2.45) is 11.3 Å². The second-order valence-electron chi connectivity index (χ2n) is 5.25. The van der Waals surface area contributed by atoms with Crippen LogP contribution in [0, 0.1) is 11.3 Å². The smallest absolute Gasteiger partial charge is 0.304 e. The van der Waals surface area contributed by atoms with Gasteiger partial charge < -0.3 is 10.0 Å². The number of amides is 1. The van der Waals surface area contributed by atoms with Gasteiger partial charge in [-0.25, -0.2) is 0 Å². The maximum absolute atomic E-state index is 11.7. The SMILES string of the molecule is CC(CC(=O)O)C(=O)N(C)CC(C)(C)C. The first-order chi connectivity index (χ1) is 6.63. The Bertz CT molecular complexity index is 243. The summed E-state index contributed by atoms with van der Waals surface area (Å²) >= 11 is 0. The lowest BCUT2D eigenvalue weighted by Gasteiger charge is -2.28. The fraction of sp³-hybridized carbons (Fsp3) is 0.818. The van der Waals surface area contributed by atoms with E-state index in [9.17, 15) is 9.59 Å². The summed E-state index contributed by atoms with van der Waals surface area (Å²) in [5.74, 6) is -1.48. The van der Waals surface area contributed by atoms with Gasteiger partial charge in [0.25, 0.3) is 0 Å². The Labute approximate surface area is 91.3 Å². The third kappa shape index (κ3) is 6.10. The van der Waals surface area contributed by atoms with Crippen LogP contribution in [-0.2, 0) is 9.59 Å². The average molecular weight is 215 g/mol. The van der Waals surface area contributed by atoms with Gasteiger partial charge in [-0.3, -0.25) is 9.59 Å². The van der Waals surface area contributed by atoms with Gasteiger partial charge in [-0.15, -0.1) is 0 Å². The molecule has 0 heterocycles. The second-order valence-corrected chi connectivity index (χ2v) is 5.25. The van der Waals surface area contributed by atoms with Gasteiger partial charge in [0, 0.05) is 19.5 Å². The van der Waals surface area contributed by atoms with E-state index in [4.69, 9.17) is 5.11 Å². The van der Waals surface area contributed by atoms with Crippen LogP contribution in [0.15, 0.2) is 0 Å². The highest BCUT2D eigenvalue weighted by atomic mass is 16.4. The maximum Gasteiger partial charge on any atom is 0.304 e. The lowest BCUT2D eigenvalue weighted by Crippen LogP contribution is -2.38. The van der Waals surface area contributed by atoms with Crippen LogP contribution in [0.2, 0.25) is 0 Å². The van der Waals surface area contributed by atoms with Crippen molar-refractivity contribution < 1.29 is 14.7 Å². The number of carboxylic acid groups (broad SMARTS) is 1. The predicted octanol–water partition coefficient (Wildman–Crippen LogP) is 1.60. The van der Waals surface area contributed by atoms with Crippen LogP contribution in [-0.4, -0.2) is 35.5 Å². The molecule has 4 heteroatoms. The first kappa shape index (κ1) is 13.9. The topological polar surface area (TPSA) is 57.6 Å². The molecule has 1 unspecified atom stereocenters. The molecule has 0 aliphatic rings. The van der Waals surface area contributed by atoms with Crippen LogP contribution < -0.4 is 0 Å². The Morgan fingerprint density at radius 2 is 1.80 bits per heavy atom. The van der Waals surface area contributed by atoms with Gasteiger partial charge in [-0.2, -0.15) is 0 Å². The van der Waals surface area contributed by atoms with Gasteiger partial charge in [0.1, 0.15) is 0 Å². The minimum Gasteiger partial charge on any atom is -0.481 e. The second kappa shape index (κ2) is 5.14. The van der Waals surface area contributed by atoms with Crippen molar-refractivity contribution in [3.8, 4) is 0 Å². The van der Waals surface area contributed by atoms with Gasteiger partial charge in [-0.05, 0) is 5.41 Å². The number of aliphatic carboxylic acids is 1. The molecule has 4 nitrogen and oxygen atoms in total. The molecule has 0 aromatic carbocycles. The van der Waals surface area contributed by atoms with Crippen LogP contribution in [0.4, 0.5) is 0 Å². The zero-order chi connectivity index (χ0) is 12.2. The first-order valence-electron chi connectivity index (χ1n) is 5.10. The van der Waals surface area contributed by atoms with E-state index >= 15 is 0 Å². The molecule has 0 fully saturated rings. The van der Waals surface area contributed by atoms with E-state index in [-0.39, 0.29) is 17.7 Å². The fourth-order valence-corrected chi connectivity index (χ4v) is 1.51. The molecule has 1 amide bonds. The highest BCUT2D eigenvalue weighted by Crippen LogP contribution is 2.16. The third-order valence-electron chi connectivity index (χ3n) is 1.99. The molecule has 0 aliphatic carbocycles. The maximum atomic E-state index is 11.7. The quantitative estimate of drug-likeness (QED) is 0.775. The van der Waals surface area contributed by atoms with E-state index in [1.165, 1.54) is 0 Å². The number of carbonyl (C=O) groups excluding carboxylic acids is 1. The summed E-state index contributed by atoms with van der Waals surface area (Å²) in [5.41, 5.74) is 0.0351. The number of carboxylic acids is 1. The van der Waals surface area contributed by atoms with Gasteiger partial charge in [-0.1, -0.05) is 27.7 Å². The van der Waals surface area contributed by atoms with Crippen LogP contribution in [0.5, 0.6) is 0 Å². The van der Waals surface area contributed by atoms with Gasteiger partial charge in [0.15, 0.2) is 0 Å². The lowest BCUT2D eigenvalue weighted by atomic mass is 9.95. The molecule has 0 saturated carbocycles. The fourth-order valence-electron chi connectivity index (χ4n) is 1.51. The molecule has 0 aromatic rings. The molecular formula is C11H21NO3. The molecule has 1 atom stereocenters. The Morgan fingerprint density at radius 3 is 2.13 bits per heavy atom. The number of rotatable bonds is 4. The molecule has 0 rings (SSSR count). The van der Waals surface area contributed by atoms with E-state index < -0.39 is 11.9 Å². The molecule has 0 saturated heterocycles. The molecule has 1 N–H and O–H groups in total. The Kier molecular flexibility index (Phi) is 4.78. The molecule has 0 radical (unpaired) electrons. The molecule has 15 heavy (non-hydrogen) atoms. The summed E-state index contributed by atoms with van der Waals surface area (Å²) in [6.45, 7) is 8.40. The number of hydrogen-bond acceptors (Lipinski definition) is 2. The van der Waals surface area contributed by atoms with Crippen LogP contribution in [0.1, 0.15) is 34.1 Å². The van der Waals surface area contributed by atoms with E-state index in [0.29, 0.717) is 6.54 Å². The van der Waals surface area contributed by atoms with Crippen LogP contribution in [0.25, 0.3) is 0 Å². The molecule has 0 spiro atoms. The van der Waals surface area contributed by atoms with Crippen molar-refractivity contribution >= 4 is 11.9 Å². The predicted molar refractivity (Wildman–Crippen MR) is 58.5 cm³/mol. The standard InChI is InChI=1S/C11H21NO3/c1-8(6-9(13)14)10(15)12(5)7-11(2,3)4/h8H,6-7H2,1-5H3,(H,13,14). The number of hydrogen-bond donors (Lipinski definition) is 1. The molecule has 0 bridgehead atoms. The monoisotopic (exact) mass is 215 g/mol. The van der Waals surface area contributed by atoms with Crippen molar-refractivity contribution in [3.63, 3.8) is 0 Å². The lowest BCUT2D eigenvalue weighted by molar-refractivity contribution is -0.143. The van der Waals surface area contributed by atoms with Crippen molar-refractivity contribution in [3.05, 3.63) is 0 Å². The zero-order valence-electron chi connectivity index (χ0n) is 10.2. The van der Waals surface area contributed by atoms with E-state index in [1.807, 2.05) is 20.8 Å².